The molecule has 0 spiro atoms. The zero-order valence-electron chi connectivity index (χ0n) is 15.6. The van der Waals surface area contributed by atoms with Crippen LogP contribution >= 0.6 is 11.8 Å². The van der Waals surface area contributed by atoms with Gasteiger partial charge in [0, 0.05) is 10.7 Å². The van der Waals surface area contributed by atoms with Gasteiger partial charge in [-0.25, -0.2) is 8.42 Å². The number of carbonyl (C=O) groups is 1. The maximum Gasteiger partial charge on any atom is 0.253 e. The van der Waals surface area contributed by atoms with E-state index in [0.717, 1.165) is 11.3 Å². The summed E-state index contributed by atoms with van der Waals surface area (Å²) in [4.78, 5) is 18.7. The van der Waals surface area contributed by atoms with Crippen molar-refractivity contribution in [2.75, 3.05) is 23.5 Å². The number of benzene rings is 1. The molecule has 2 heterocycles. The smallest absolute Gasteiger partial charge is 0.253 e. The maximum absolute atomic E-state index is 12.5. The average molecular weight is 397 g/mol. The number of amides is 1. The largest absolute Gasteiger partial charge is 0.495 e. The number of hydrogen-bond donors (Lipinski definition) is 0. The molecule has 6 nitrogen and oxygen atoms in total. The number of carbonyl (C=O) groups excluding carboxylic acids is 1. The van der Waals surface area contributed by atoms with E-state index in [-0.39, 0.29) is 28.7 Å². The molecule has 0 unspecified atom stereocenters. The van der Waals surface area contributed by atoms with Gasteiger partial charge in [0.25, 0.3) is 5.91 Å². The normalized spacial score (nSPS) is 26.2. The van der Waals surface area contributed by atoms with Crippen LogP contribution in [-0.2, 0) is 14.6 Å². The third-order valence-electron chi connectivity index (χ3n) is 4.50. The average Bonchev–Trinajstić information content (AvgIpc) is 2.97. The van der Waals surface area contributed by atoms with E-state index in [1.807, 2.05) is 50.8 Å². The molecule has 2 aliphatic rings. The van der Waals surface area contributed by atoms with Crippen molar-refractivity contribution in [2.45, 2.75) is 39.0 Å². The number of anilines is 1. The van der Waals surface area contributed by atoms with Crippen LogP contribution in [-0.4, -0.2) is 49.4 Å². The number of amidine groups is 1. The Bertz CT molecular complexity index is 872. The third-order valence-corrected chi connectivity index (χ3v) is 7.71. The highest BCUT2D eigenvalue weighted by Crippen LogP contribution is 2.44. The minimum absolute atomic E-state index is 0.0600. The van der Waals surface area contributed by atoms with Crippen molar-refractivity contribution in [3.63, 3.8) is 0 Å². The molecule has 0 radical (unpaired) electrons. The van der Waals surface area contributed by atoms with Crippen molar-refractivity contribution in [1.82, 2.24) is 0 Å². The molecule has 2 aliphatic heterocycles. The number of sulfone groups is 1. The van der Waals surface area contributed by atoms with Gasteiger partial charge in [-0.15, -0.1) is 0 Å². The summed E-state index contributed by atoms with van der Waals surface area (Å²) < 4.78 is 29.8. The van der Waals surface area contributed by atoms with E-state index in [0.29, 0.717) is 10.9 Å². The topological polar surface area (TPSA) is 76.0 Å². The van der Waals surface area contributed by atoms with Gasteiger partial charge >= 0.3 is 0 Å². The van der Waals surface area contributed by atoms with E-state index < -0.39 is 15.3 Å². The molecule has 0 aliphatic carbocycles. The van der Waals surface area contributed by atoms with Crippen molar-refractivity contribution in [2.24, 2.45) is 10.4 Å². The van der Waals surface area contributed by atoms with Gasteiger partial charge in [0.05, 0.1) is 30.3 Å². The monoisotopic (exact) mass is 396 g/mol. The Morgan fingerprint density at radius 1 is 1.31 bits per heavy atom. The molecule has 142 valence electrons. The molecule has 0 aromatic heterocycles. The highest BCUT2D eigenvalue weighted by molar-refractivity contribution is 8.16. The standard InChI is InChI=1S/C18H24N2O4S2/c1-11-6-7-14(24-5)12(8-11)20-13-9-26(22,23)10-15(13)25-17(20)19-16(21)18(2,3)4/h6-8,13,15H,9-10H2,1-5H3/t13-,15+/m0/s1. The Morgan fingerprint density at radius 2 is 2.00 bits per heavy atom. The second-order valence-electron chi connectivity index (χ2n) is 7.80. The first kappa shape index (κ1) is 19.2. The Morgan fingerprint density at radius 3 is 2.62 bits per heavy atom. The van der Waals surface area contributed by atoms with E-state index in [2.05, 4.69) is 4.99 Å². The van der Waals surface area contributed by atoms with Crippen molar-refractivity contribution in [3.05, 3.63) is 23.8 Å². The number of nitrogens with zero attached hydrogens (tertiary/aromatic N) is 2. The van der Waals surface area contributed by atoms with Crippen molar-refractivity contribution in [3.8, 4) is 5.75 Å². The summed E-state index contributed by atoms with van der Waals surface area (Å²) in [6.45, 7) is 7.43. The lowest BCUT2D eigenvalue weighted by Crippen LogP contribution is -2.38. The predicted octanol–water partition coefficient (Wildman–Crippen LogP) is 2.65. The molecule has 1 amide bonds. The molecule has 1 aromatic rings. The van der Waals surface area contributed by atoms with E-state index in [4.69, 9.17) is 4.74 Å². The van der Waals surface area contributed by atoms with Gasteiger partial charge in [-0.3, -0.25) is 4.79 Å². The lowest BCUT2D eigenvalue weighted by atomic mass is 9.96. The van der Waals surface area contributed by atoms with Crippen LogP contribution in [0.2, 0.25) is 0 Å². The number of thioether (sulfide) groups is 1. The first-order chi connectivity index (χ1) is 12.0. The van der Waals surface area contributed by atoms with Crippen LogP contribution in [0, 0.1) is 12.3 Å². The first-order valence-corrected chi connectivity index (χ1v) is 11.2. The maximum atomic E-state index is 12.5. The molecule has 2 atom stereocenters. The van der Waals surface area contributed by atoms with E-state index in [1.54, 1.807) is 7.11 Å². The van der Waals surface area contributed by atoms with Crippen LogP contribution in [0.1, 0.15) is 26.3 Å². The van der Waals surface area contributed by atoms with Gasteiger partial charge in [-0.2, -0.15) is 4.99 Å². The number of aliphatic imine (C=N–C) groups is 1. The summed E-state index contributed by atoms with van der Waals surface area (Å²) in [5.41, 5.74) is 1.18. The van der Waals surface area contributed by atoms with E-state index in [9.17, 15) is 13.2 Å². The number of aryl methyl sites for hydroxylation is 1. The summed E-state index contributed by atoms with van der Waals surface area (Å²) in [5.74, 6) is 0.580. The molecule has 26 heavy (non-hydrogen) atoms. The number of hydrogen-bond acceptors (Lipinski definition) is 5. The lowest BCUT2D eigenvalue weighted by Gasteiger charge is -2.27. The Hall–Kier alpha value is -1.54. The number of methoxy groups -OCH3 is 1. The minimum Gasteiger partial charge on any atom is -0.495 e. The highest BCUT2D eigenvalue weighted by atomic mass is 32.2. The Labute approximate surface area is 158 Å². The van der Waals surface area contributed by atoms with Gasteiger partial charge in [-0.05, 0) is 24.6 Å². The number of rotatable bonds is 2. The summed E-state index contributed by atoms with van der Waals surface area (Å²) in [6.07, 6.45) is 0. The summed E-state index contributed by atoms with van der Waals surface area (Å²) in [7, 11) is -1.52. The molecule has 0 N–H and O–H groups in total. The van der Waals surface area contributed by atoms with Crippen molar-refractivity contribution < 1.29 is 17.9 Å². The van der Waals surface area contributed by atoms with E-state index in [1.165, 1.54) is 11.8 Å². The van der Waals surface area contributed by atoms with E-state index >= 15 is 0 Å². The minimum atomic E-state index is -3.10. The summed E-state index contributed by atoms with van der Waals surface area (Å²) in [5, 5.41) is 0.426. The van der Waals surface area contributed by atoms with Crippen LogP contribution < -0.4 is 9.64 Å². The fraction of sp³-hybridized carbons (Fsp3) is 0.556. The molecule has 3 rings (SSSR count). The quantitative estimate of drug-likeness (QED) is 0.765. The van der Waals surface area contributed by atoms with Gasteiger partial charge in [0.15, 0.2) is 15.0 Å². The molecular formula is C18H24N2O4S2. The van der Waals surface area contributed by atoms with Crippen LogP contribution in [0.25, 0.3) is 0 Å². The fourth-order valence-corrected chi connectivity index (χ4v) is 6.99. The Balaban J connectivity index is 2.11. The molecule has 0 bridgehead atoms. The number of fused-ring (bicyclic) bond motifs is 1. The number of ether oxygens (including phenoxy) is 1. The summed E-state index contributed by atoms with van der Waals surface area (Å²) in [6, 6.07) is 5.50. The van der Waals surface area contributed by atoms with Crippen LogP contribution in [0.4, 0.5) is 5.69 Å². The molecule has 2 fully saturated rings. The first-order valence-electron chi connectivity index (χ1n) is 8.46. The zero-order chi connectivity index (χ0) is 19.3. The van der Waals surface area contributed by atoms with Gasteiger partial charge in [-0.1, -0.05) is 38.6 Å². The summed E-state index contributed by atoms with van der Waals surface area (Å²) >= 11 is 1.38. The SMILES string of the molecule is COc1ccc(C)cc1N1C(=NC(=O)C(C)(C)C)S[C@@H]2CS(=O)(=O)C[C@@H]21. The molecule has 1 aromatic carbocycles. The van der Waals surface area contributed by atoms with Gasteiger partial charge in [0.1, 0.15) is 5.75 Å². The molecule has 2 saturated heterocycles. The van der Waals surface area contributed by atoms with Gasteiger partial charge in [0.2, 0.25) is 0 Å². The zero-order valence-corrected chi connectivity index (χ0v) is 17.3. The third kappa shape index (κ3) is 3.62. The highest BCUT2D eigenvalue weighted by Gasteiger charge is 2.50. The second-order valence-corrected chi connectivity index (χ2v) is 11.2. The lowest BCUT2D eigenvalue weighted by molar-refractivity contribution is -0.124. The van der Waals surface area contributed by atoms with Crippen LogP contribution in [0.5, 0.6) is 5.75 Å². The molecule has 8 heteroatoms. The van der Waals surface area contributed by atoms with Crippen molar-refractivity contribution in [1.29, 1.82) is 0 Å². The molecule has 0 saturated carbocycles. The Kier molecular flexibility index (Phi) is 4.85. The second kappa shape index (κ2) is 6.56. The van der Waals surface area contributed by atoms with Crippen molar-refractivity contribution >= 4 is 38.4 Å². The van der Waals surface area contributed by atoms with Crippen LogP contribution in [0.3, 0.4) is 0 Å². The molecular weight excluding hydrogens is 372 g/mol. The predicted molar refractivity (Wildman–Crippen MR) is 106 cm³/mol. The van der Waals surface area contributed by atoms with Crippen LogP contribution in [0.15, 0.2) is 23.2 Å². The fourth-order valence-electron chi connectivity index (χ4n) is 3.09. The van der Waals surface area contributed by atoms with Gasteiger partial charge < -0.3 is 9.64 Å².